The molecule has 1 aliphatic rings. The second-order valence-corrected chi connectivity index (χ2v) is 1.54. The molecule has 0 saturated heterocycles. The van der Waals surface area contributed by atoms with Crippen molar-refractivity contribution in [2.45, 2.75) is 0 Å². The average Bonchev–Trinajstić information content (AvgIpc) is 1.88. The third-order valence-electron chi connectivity index (χ3n) is 0.889. The fraction of sp³-hybridized carbons (Fsp3) is 0. The summed E-state index contributed by atoms with van der Waals surface area (Å²) in [6.45, 7) is 0. The molecular formula is C6H4N3. The molecule has 1 radical (unpaired) electrons. The van der Waals surface area contributed by atoms with Gasteiger partial charge in [0.15, 0.2) is 0 Å². The fourth-order valence-corrected chi connectivity index (χ4v) is 0.500. The van der Waals surface area contributed by atoms with Crippen molar-refractivity contribution < 1.29 is 0 Å². The molecule has 0 saturated carbocycles. The molecule has 0 amide bonds. The lowest BCUT2D eigenvalue weighted by Gasteiger charge is -1.97. The average molecular weight is 118 g/mol. The Morgan fingerprint density at radius 3 is 2.89 bits per heavy atom. The Bertz CT molecular complexity index is 229. The van der Waals surface area contributed by atoms with Gasteiger partial charge >= 0.3 is 0 Å². The minimum Gasteiger partial charge on any atom is -0.283 e. The fourth-order valence-electron chi connectivity index (χ4n) is 0.500. The van der Waals surface area contributed by atoms with E-state index in [2.05, 4.69) is 5.32 Å². The zero-order valence-electron chi connectivity index (χ0n) is 4.63. The molecule has 1 heterocycles. The SMILES string of the molecule is N#CC1=CC(=N)[N]C=C1. The van der Waals surface area contributed by atoms with Crippen molar-refractivity contribution in [3.63, 3.8) is 0 Å². The Balaban J connectivity index is 2.86. The Morgan fingerprint density at radius 2 is 2.44 bits per heavy atom. The molecule has 0 atom stereocenters. The smallest absolute Gasteiger partial charge is 0.145 e. The zero-order chi connectivity index (χ0) is 6.69. The third-order valence-corrected chi connectivity index (χ3v) is 0.889. The lowest BCUT2D eigenvalue weighted by Crippen LogP contribution is -2.08. The summed E-state index contributed by atoms with van der Waals surface area (Å²) < 4.78 is 0. The van der Waals surface area contributed by atoms with E-state index < -0.39 is 0 Å². The largest absolute Gasteiger partial charge is 0.283 e. The van der Waals surface area contributed by atoms with Crippen LogP contribution in [0.25, 0.3) is 0 Å². The molecule has 1 N–H and O–H groups in total. The van der Waals surface area contributed by atoms with Gasteiger partial charge in [0, 0.05) is 6.20 Å². The van der Waals surface area contributed by atoms with E-state index in [1.807, 2.05) is 6.07 Å². The number of amidine groups is 1. The van der Waals surface area contributed by atoms with E-state index in [9.17, 15) is 0 Å². The summed E-state index contributed by atoms with van der Waals surface area (Å²) in [6.07, 6.45) is 4.43. The molecule has 1 rings (SSSR count). The summed E-state index contributed by atoms with van der Waals surface area (Å²) in [4.78, 5) is 0. The van der Waals surface area contributed by atoms with Crippen LogP contribution in [-0.2, 0) is 0 Å². The van der Waals surface area contributed by atoms with Gasteiger partial charge in [-0.3, -0.25) is 5.41 Å². The summed E-state index contributed by atoms with van der Waals surface area (Å²) in [5.74, 6) is 0.133. The number of nitrogens with one attached hydrogen (secondary N) is 1. The van der Waals surface area contributed by atoms with E-state index in [4.69, 9.17) is 10.7 Å². The van der Waals surface area contributed by atoms with Gasteiger partial charge < -0.3 is 0 Å². The zero-order valence-corrected chi connectivity index (χ0v) is 4.63. The van der Waals surface area contributed by atoms with Crippen molar-refractivity contribution in [2.24, 2.45) is 0 Å². The molecule has 0 bridgehead atoms. The van der Waals surface area contributed by atoms with Crippen LogP contribution in [0.3, 0.4) is 0 Å². The van der Waals surface area contributed by atoms with Crippen LogP contribution in [0.15, 0.2) is 23.9 Å². The van der Waals surface area contributed by atoms with Crippen LogP contribution >= 0.6 is 0 Å². The maximum Gasteiger partial charge on any atom is 0.145 e. The van der Waals surface area contributed by atoms with Crippen LogP contribution in [-0.4, -0.2) is 5.84 Å². The quantitative estimate of drug-likeness (QED) is 0.496. The van der Waals surface area contributed by atoms with Gasteiger partial charge in [-0.1, -0.05) is 0 Å². The molecular weight excluding hydrogens is 114 g/mol. The van der Waals surface area contributed by atoms with Crippen LogP contribution in [0.1, 0.15) is 0 Å². The van der Waals surface area contributed by atoms with Crippen molar-refractivity contribution in [3.8, 4) is 6.07 Å². The number of hydrogen-bond acceptors (Lipinski definition) is 2. The third kappa shape index (κ3) is 1.16. The van der Waals surface area contributed by atoms with Crippen molar-refractivity contribution >= 4 is 5.84 Å². The van der Waals surface area contributed by atoms with Crippen LogP contribution in [0.2, 0.25) is 0 Å². The summed E-state index contributed by atoms with van der Waals surface area (Å²) in [6, 6.07) is 1.91. The van der Waals surface area contributed by atoms with Crippen molar-refractivity contribution in [3.05, 3.63) is 23.9 Å². The van der Waals surface area contributed by atoms with Gasteiger partial charge in [0.25, 0.3) is 0 Å². The summed E-state index contributed by atoms with van der Waals surface area (Å²) in [7, 11) is 0. The molecule has 0 aromatic rings. The van der Waals surface area contributed by atoms with Crippen molar-refractivity contribution in [2.75, 3.05) is 0 Å². The number of nitriles is 1. The van der Waals surface area contributed by atoms with E-state index in [0.717, 1.165) is 0 Å². The van der Waals surface area contributed by atoms with Gasteiger partial charge in [0.1, 0.15) is 5.84 Å². The monoisotopic (exact) mass is 118 g/mol. The predicted molar refractivity (Wildman–Crippen MR) is 32.7 cm³/mol. The molecule has 0 aromatic heterocycles. The van der Waals surface area contributed by atoms with Crippen LogP contribution in [0, 0.1) is 16.7 Å². The molecule has 43 valence electrons. The summed E-state index contributed by atoms with van der Waals surface area (Å²) in [5.41, 5.74) is 0.481. The maximum atomic E-state index is 8.30. The van der Waals surface area contributed by atoms with E-state index in [1.165, 1.54) is 12.3 Å². The first-order valence-corrected chi connectivity index (χ1v) is 2.40. The van der Waals surface area contributed by atoms with Gasteiger partial charge in [-0.05, 0) is 12.2 Å². The normalized spacial score (nSPS) is 15.9. The van der Waals surface area contributed by atoms with E-state index in [0.29, 0.717) is 5.57 Å². The maximum absolute atomic E-state index is 8.30. The van der Waals surface area contributed by atoms with Gasteiger partial charge in [-0.15, -0.1) is 0 Å². The second-order valence-electron chi connectivity index (χ2n) is 1.54. The highest BCUT2D eigenvalue weighted by Crippen LogP contribution is 1.98. The molecule has 0 unspecified atom stereocenters. The minimum atomic E-state index is 0.133. The van der Waals surface area contributed by atoms with Crippen LogP contribution in [0.4, 0.5) is 0 Å². The Kier molecular flexibility index (Phi) is 1.32. The molecule has 3 heteroatoms. The first kappa shape index (κ1) is 5.57. The van der Waals surface area contributed by atoms with Crippen LogP contribution in [0.5, 0.6) is 0 Å². The number of rotatable bonds is 0. The summed E-state index contributed by atoms with van der Waals surface area (Å²) in [5, 5.41) is 18.9. The minimum absolute atomic E-state index is 0.133. The van der Waals surface area contributed by atoms with Gasteiger partial charge in [-0.2, -0.15) is 5.26 Å². The molecule has 0 aliphatic carbocycles. The number of allylic oxidation sites excluding steroid dienone is 2. The Morgan fingerprint density at radius 1 is 1.67 bits per heavy atom. The molecule has 0 fully saturated rings. The lowest BCUT2D eigenvalue weighted by atomic mass is 10.2. The lowest BCUT2D eigenvalue weighted by molar-refractivity contribution is 1.19. The topological polar surface area (TPSA) is 61.7 Å². The highest BCUT2D eigenvalue weighted by atomic mass is 14.9. The number of hydrogen-bond donors (Lipinski definition) is 1. The molecule has 0 aromatic carbocycles. The highest BCUT2D eigenvalue weighted by Gasteiger charge is 1.98. The first-order chi connectivity index (χ1) is 4.33. The first-order valence-electron chi connectivity index (χ1n) is 2.40. The van der Waals surface area contributed by atoms with Gasteiger partial charge in [0.2, 0.25) is 0 Å². The molecule has 9 heavy (non-hydrogen) atoms. The van der Waals surface area contributed by atoms with E-state index in [-0.39, 0.29) is 5.84 Å². The Hall–Kier alpha value is -1.56. The summed E-state index contributed by atoms with van der Waals surface area (Å²) >= 11 is 0. The highest BCUT2D eigenvalue weighted by molar-refractivity contribution is 5.93. The van der Waals surface area contributed by atoms with Crippen molar-refractivity contribution in [1.29, 1.82) is 10.7 Å². The number of nitrogens with zero attached hydrogens (tertiary/aromatic N) is 2. The molecule has 3 nitrogen and oxygen atoms in total. The van der Waals surface area contributed by atoms with E-state index >= 15 is 0 Å². The van der Waals surface area contributed by atoms with E-state index in [1.54, 1.807) is 6.08 Å². The van der Waals surface area contributed by atoms with Gasteiger partial charge in [0.05, 0.1) is 11.6 Å². The second kappa shape index (κ2) is 2.14. The standard InChI is InChI=1S/C6H4N3/c7-4-5-1-2-9-6(8)3-5/h1-3,8H. The van der Waals surface area contributed by atoms with Crippen molar-refractivity contribution in [1.82, 2.24) is 5.32 Å². The van der Waals surface area contributed by atoms with Crippen LogP contribution < -0.4 is 5.32 Å². The predicted octanol–water partition coefficient (Wildman–Crippen LogP) is 0.545. The molecule has 1 aliphatic heterocycles. The molecule has 0 spiro atoms. The Labute approximate surface area is 52.8 Å². The van der Waals surface area contributed by atoms with Gasteiger partial charge in [-0.25, -0.2) is 5.32 Å².